The van der Waals surface area contributed by atoms with Gasteiger partial charge in [-0.25, -0.2) is 0 Å². The fraction of sp³-hybridized carbons (Fsp3) is 0.500. The molecule has 0 aliphatic carbocycles. The number of likely N-dealkylation sites (tertiary alicyclic amines) is 1. The first-order chi connectivity index (χ1) is 13.4. The number of hydrogen-bond donors (Lipinski definition) is 1. The van der Waals surface area contributed by atoms with Crippen molar-refractivity contribution < 1.29 is 9.59 Å². The fourth-order valence-electron chi connectivity index (χ4n) is 3.85. The van der Waals surface area contributed by atoms with Crippen LogP contribution < -0.4 is 5.32 Å². The summed E-state index contributed by atoms with van der Waals surface area (Å²) in [4.78, 5) is 26.9. The maximum atomic E-state index is 12.5. The molecule has 1 aromatic heterocycles. The number of nitrogens with one attached hydrogen (secondary N) is 1. The van der Waals surface area contributed by atoms with E-state index in [9.17, 15) is 9.59 Å². The van der Waals surface area contributed by atoms with Crippen LogP contribution >= 0.6 is 0 Å². The van der Waals surface area contributed by atoms with Gasteiger partial charge in [-0.3, -0.25) is 14.3 Å². The highest BCUT2D eigenvalue weighted by Crippen LogP contribution is 2.22. The second-order valence-corrected chi connectivity index (χ2v) is 7.79. The van der Waals surface area contributed by atoms with Crippen LogP contribution in [0.2, 0.25) is 0 Å². The molecule has 1 saturated heterocycles. The zero-order valence-electron chi connectivity index (χ0n) is 17.0. The number of aryl methyl sites for hydroxylation is 1. The van der Waals surface area contributed by atoms with E-state index in [1.807, 2.05) is 67.0 Å². The Morgan fingerprint density at radius 1 is 1.21 bits per heavy atom. The summed E-state index contributed by atoms with van der Waals surface area (Å²) in [7, 11) is 1.90. The number of nitrogens with zero attached hydrogens (tertiary/aromatic N) is 3. The molecule has 6 nitrogen and oxygen atoms in total. The zero-order valence-corrected chi connectivity index (χ0v) is 17.0. The van der Waals surface area contributed by atoms with Crippen LogP contribution in [-0.2, 0) is 23.1 Å². The van der Waals surface area contributed by atoms with E-state index < -0.39 is 0 Å². The van der Waals surface area contributed by atoms with Gasteiger partial charge in [-0.15, -0.1) is 0 Å². The molecule has 1 aromatic carbocycles. The first-order valence-corrected chi connectivity index (χ1v) is 10.0. The van der Waals surface area contributed by atoms with E-state index in [-0.39, 0.29) is 17.9 Å². The van der Waals surface area contributed by atoms with Crippen molar-refractivity contribution in [3.63, 3.8) is 0 Å². The Morgan fingerprint density at radius 3 is 2.50 bits per heavy atom. The Labute approximate surface area is 166 Å². The first-order valence-electron chi connectivity index (χ1n) is 10.0. The van der Waals surface area contributed by atoms with Crippen molar-refractivity contribution in [3.05, 3.63) is 53.3 Å². The van der Waals surface area contributed by atoms with E-state index in [1.54, 1.807) is 0 Å². The van der Waals surface area contributed by atoms with Crippen molar-refractivity contribution >= 4 is 11.8 Å². The van der Waals surface area contributed by atoms with E-state index in [4.69, 9.17) is 0 Å². The molecule has 0 unspecified atom stereocenters. The predicted molar refractivity (Wildman–Crippen MR) is 109 cm³/mol. The molecular weight excluding hydrogens is 352 g/mol. The highest BCUT2D eigenvalue weighted by molar-refractivity contribution is 5.79. The summed E-state index contributed by atoms with van der Waals surface area (Å²) in [5.41, 5.74) is 3.17. The third-order valence-corrected chi connectivity index (χ3v) is 5.76. The van der Waals surface area contributed by atoms with Gasteiger partial charge in [0.05, 0.1) is 18.7 Å². The number of carbonyl (C=O) groups excluding carboxylic acids is 2. The minimum absolute atomic E-state index is 0.0475. The largest absolute Gasteiger partial charge is 0.349 e. The highest BCUT2D eigenvalue weighted by atomic mass is 16.2. The van der Waals surface area contributed by atoms with Crippen molar-refractivity contribution in [2.75, 3.05) is 13.1 Å². The number of hydrogen-bond acceptors (Lipinski definition) is 3. The van der Waals surface area contributed by atoms with Gasteiger partial charge in [0, 0.05) is 37.8 Å². The Kier molecular flexibility index (Phi) is 6.49. The molecule has 0 radical (unpaired) electrons. The van der Waals surface area contributed by atoms with Crippen LogP contribution in [0.15, 0.2) is 36.5 Å². The summed E-state index contributed by atoms with van der Waals surface area (Å²) in [5, 5.41) is 7.33. The zero-order chi connectivity index (χ0) is 20.1. The summed E-state index contributed by atoms with van der Waals surface area (Å²) in [5.74, 6) is 0.586. The molecule has 2 aromatic rings. The summed E-state index contributed by atoms with van der Waals surface area (Å²) in [6.45, 7) is 5.47. The van der Waals surface area contributed by atoms with E-state index in [0.717, 1.165) is 42.8 Å². The minimum atomic E-state index is -0.0475. The summed E-state index contributed by atoms with van der Waals surface area (Å²) in [6, 6.07) is 9.80. The van der Waals surface area contributed by atoms with E-state index in [2.05, 4.69) is 10.4 Å². The van der Waals surface area contributed by atoms with Crippen molar-refractivity contribution in [1.82, 2.24) is 20.0 Å². The second-order valence-electron chi connectivity index (χ2n) is 7.79. The number of piperidine rings is 1. The molecule has 150 valence electrons. The smallest absolute Gasteiger partial charge is 0.226 e. The average Bonchev–Trinajstić information content (AvgIpc) is 3.02. The van der Waals surface area contributed by atoms with Crippen LogP contribution in [0.4, 0.5) is 0 Å². The van der Waals surface area contributed by atoms with Gasteiger partial charge < -0.3 is 10.2 Å². The molecule has 3 rings (SSSR count). The lowest BCUT2D eigenvalue weighted by molar-refractivity contribution is -0.132. The molecule has 6 heteroatoms. The SMILES string of the molecule is Cc1c([C@@H](C)NC(=O)CC2CCN(C(=O)Cc3ccccc3)CC2)cnn1C. The van der Waals surface area contributed by atoms with Crippen molar-refractivity contribution in [3.8, 4) is 0 Å². The van der Waals surface area contributed by atoms with E-state index in [0.29, 0.717) is 18.8 Å². The first kappa shape index (κ1) is 20.1. The number of rotatable bonds is 6. The van der Waals surface area contributed by atoms with E-state index in [1.165, 1.54) is 0 Å². The maximum Gasteiger partial charge on any atom is 0.226 e. The topological polar surface area (TPSA) is 67.2 Å². The number of aromatic nitrogens is 2. The van der Waals surface area contributed by atoms with Crippen molar-refractivity contribution in [1.29, 1.82) is 0 Å². The molecule has 1 aliphatic heterocycles. The Morgan fingerprint density at radius 2 is 1.89 bits per heavy atom. The van der Waals surface area contributed by atoms with Crippen LogP contribution in [0.1, 0.15) is 49.0 Å². The lowest BCUT2D eigenvalue weighted by Gasteiger charge is -2.32. The Balaban J connectivity index is 1.43. The van der Waals surface area contributed by atoms with Crippen LogP contribution in [0.5, 0.6) is 0 Å². The molecule has 1 aliphatic rings. The fourth-order valence-corrected chi connectivity index (χ4v) is 3.85. The van der Waals surface area contributed by atoms with Crippen LogP contribution in [0.25, 0.3) is 0 Å². The second kappa shape index (κ2) is 9.04. The molecule has 1 atom stereocenters. The summed E-state index contributed by atoms with van der Waals surface area (Å²) in [6.07, 6.45) is 4.55. The Bertz CT molecular complexity index is 807. The lowest BCUT2D eigenvalue weighted by atomic mass is 9.92. The lowest BCUT2D eigenvalue weighted by Crippen LogP contribution is -2.40. The van der Waals surface area contributed by atoms with Gasteiger partial charge in [0.25, 0.3) is 0 Å². The molecule has 0 spiro atoms. The standard InChI is InChI=1S/C22H30N4O2/c1-16(20-15-23-25(3)17(20)2)24-21(27)13-19-9-11-26(12-10-19)22(28)14-18-7-5-4-6-8-18/h4-8,15-16,19H,9-14H2,1-3H3,(H,24,27)/t16-/m1/s1. The summed E-state index contributed by atoms with van der Waals surface area (Å²) >= 11 is 0. The summed E-state index contributed by atoms with van der Waals surface area (Å²) < 4.78 is 1.82. The minimum Gasteiger partial charge on any atom is -0.349 e. The molecule has 2 amide bonds. The van der Waals surface area contributed by atoms with Gasteiger partial charge >= 0.3 is 0 Å². The number of benzene rings is 1. The molecule has 2 heterocycles. The Hall–Kier alpha value is -2.63. The van der Waals surface area contributed by atoms with Crippen molar-refractivity contribution in [2.24, 2.45) is 13.0 Å². The molecule has 0 saturated carbocycles. The highest BCUT2D eigenvalue weighted by Gasteiger charge is 2.25. The number of amides is 2. The molecule has 28 heavy (non-hydrogen) atoms. The third-order valence-electron chi connectivity index (χ3n) is 5.76. The third kappa shape index (κ3) is 5.00. The molecule has 1 fully saturated rings. The quantitative estimate of drug-likeness (QED) is 0.835. The normalized spacial score (nSPS) is 16.0. The van der Waals surface area contributed by atoms with Gasteiger partial charge in [-0.2, -0.15) is 5.10 Å². The number of carbonyl (C=O) groups is 2. The average molecular weight is 383 g/mol. The predicted octanol–water partition coefficient (Wildman–Crippen LogP) is 2.78. The maximum absolute atomic E-state index is 12.5. The van der Waals surface area contributed by atoms with Gasteiger partial charge in [0.15, 0.2) is 0 Å². The van der Waals surface area contributed by atoms with E-state index >= 15 is 0 Å². The van der Waals surface area contributed by atoms with Crippen LogP contribution in [-0.4, -0.2) is 39.6 Å². The van der Waals surface area contributed by atoms with Gasteiger partial charge in [-0.1, -0.05) is 30.3 Å². The van der Waals surface area contributed by atoms with Crippen LogP contribution in [0.3, 0.4) is 0 Å². The molecule has 0 bridgehead atoms. The molecule has 1 N–H and O–H groups in total. The van der Waals surface area contributed by atoms with Gasteiger partial charge in [-0.05, 0) is 38.2 Å². The molecular formula is C22H30N4O2. The van der Waals surface area contributed by atoms with Gasteiger partial charge in [0.1, 0.15) is 0 Å². The van der Waals surface area contributed by atoms with Crippen molar-refractivity contribution in [2.45, 2.75) is 45.6 Å². The van der Waals surface area contributed by atoms with Gasteiger partial charge in [0.2, 0.25) is 11.8 Å². The monoisotopic (exact) mass is 382 g/mol. The van der Waals surface area contributed by atoms with Crippen LogP contribution in [0, 0.1) is 12.8 Å².